The first kappa shape index (κ1) is 9.41. The molecule has 1 unspecified atom stereocenters. The molecular weight excluding hydrogens is 130 g/mol. The Morgan fingerprint density at radius 3 is 2.40 bits per heavy atom. The first-order valence-corrected chi connectivity index (χ1v) is 3.18. The maximum absolute atomic E-state index is 8.94. The molecule has 0 rings (SSSR count). The van der Waals surface area contributed by atoms with Crippen molar-refractivity contribution in [3.8, 4) is 6.07 Å². The average molecular weight is 143 g/mol. The maximum Gasteiger partial charge on any atom is 0.168 e. The van der Waals surface area contributed by atoms with E-state index in [-0.39, 0.29) is 12.0 Å². The SMILES string of the molecule is CC(C)(C)OC(O)CC#N. The third-order valence-electron chi connectivity index (χ3n) is 0.755. The molecule has 0 aliphatic carbocycles. The summed E-state index contributed by atoms with van der Waals surface area (Å²) in [4.78, 5) is 0. The molecule has 0 aromatic carbocycles. The minimum absolute atomic E-state index is 0.0251. The molecule has 1 N–H and O–H groups in total. The van der Waals surface area contributed by atoms with Crippen LogP contribution in [0.5, 0.6) is 0 Å². The smallest absolute Gasteiger partial charge is 0.168 e. The van der Waals surface area contributed by atoms with Crippen molar-refractivity contribution in [3.05, 3.63) is 0 Å². The van der Waals surface area contributed by atoms with Gasteiger partial charge in [-0.25, -0.2) is 0 Å². The predicted octanol–water partition coefficient (Wildman–Crippen LogP) is 1.03. The van der Waals surface area contributed by atoms with Crippen LogP contribution in [0.3, 0.4) is 0 Å². The van der Waals surface area contributed by atoms with Crippen LogP contribution in [0.15, 0.2) is 0 Å². The van der Waals surface area contributed by atoms with Gasteiger partial charge in [-0.3, -0.25) is 0 Å². The lowest BCUT2D eigenvalue weighted by Gasteiger charge is -2.22. The third kappa shape index (κ3) is 5.54. The van der Waals surface area contributed by atoms with Gasteiger partial charge in [-0.2, -0.15) is 5.26 Å². The topological polar surface area (TPSA) is 53.2 Å². The number of hydrogen-bond donors (Lipinski definition) is 1. The van der Waals surface area contributed by atoms with Gasteiger partial charge in [0.05, 0.1) is 18.1 Å². The molecule has 0 aromatic rings. The van der Waals surface area contributed by atoms with E-state index < -0.39 is 6.29 Å². The van der Waals surface area contributed by atoms with Crippen LogP contribution >= 0.6 is 0 Å². The summed E-state index contributed by atoms with van der Waals surface area (Å²) in [6.45, 7) is 5.48. The van der Waals surface area contributed by atoms with Crippen LogP contribution in [-0.2, 0) is 4.74 Å². The van der Waals surface area contributed by atoms with Crippen molar-refractivity contribution in [2.45, 2.75) is 39.1 Å². The molecule has 0 bridgehead atoms. The molecule has 58 valence electrons. The molecule has 3 nitrogen and oxygen atoms in total. The second-order valence-corrected chi connectivity index (χ2v) is 3.05. The van der Waals surface area contributed by atoms with Crippen molar-refractivity contribution in [1.82, 2.24) is 0 Å². The molecule has 3 heteroatoms. The summed E-state index contributed by atoms with van der Waals surface area (Å²) in [5.74, 6) is 0. The molecule has 0 aliphatic heterocycles. The van der Waals surface area contributed by atoms with Gasteiger partial charge in [-0.05, 0) is 20.8 Å². The van der Waals surface area contributed by atoms with Gasteiger partial charge in [0.25, 0.3) is 0 Å². The Bertz CT molecular complexity index is 132. The van der Waals surface area contributed by atoms with E-state index in [1.807, 2.05) is 26.8 Å². The zero-order valence-corrected chi connectivity index (χ0v) is 6.59. The highest BCUT2D eigenvalue weighted by atomic mass is 16.6. The van der Waals surface area contributed by atoms with Gasteiger partial charge in [-0.1, -0.05) is 0 Å². The maximum atomic E-state index is 8.94. The monoisotopic (exact) mass is 143 g/mol. The van der Waals surface area contributed by atoms with Gasteiger partial charge in [-0.15, -0.1) is 0 Å². The quantitative estimate of drug-likeness (QED) is 0.587. The molecule has 0 heterocycles. The van der Waals surface area contributed by atoms with E-state index in [2.05, 4.69) is 0 Å². The van der Waals surface area contributed by atoms with Crippen LogP contribution in [0, 0.1) is 11.3 Å². The zero-order chi connectivity index (χ0) is 8.20. The molecular formula is C7H13NO2. The van der Waals surface area contributed by atoms with Crippen molar-refractivity contribution < 1.29 is 9.84 Å². The van der Waals surface area contributed by atoms with Crippen LogP contribution in [0.2, 0.25) is 0 Å². The molecule has 10 heavy (non-hydrogen) atoms. The van der Waals surface area contributed by atoms with E-state index in [9.17, 15) is 0 Å². The number of rotatable bonds is 2. The van der Waals surface area contributed by atoms with Crippen molar-refractivity contribution in [2.75, 3.05) is 0 Å². The van der Waals surface area contributed by atoms with Gasteiger partial charge < -0.3 is 9.84 Å². The summed E-state index contributed by atoms with van der Waals surface area (Å²) in [7, 11) is 0. The molecule has 0 saturated heterocycles. The number of aliphatic hydroxyl groups is 1. The highest BCUT2D eigenvalue weighted by molar-refractivity contribution is 4.72. The van der Waals surface area contributed by atoms with Gasteiger partial charge >= 0.3 is 0 Å². The van der Waals surface area contributed by atoms with Crippen LogP contribution in [0.25, 0.3) is 0 Å². The first-order valence-electron chi connectivity index (χ1n) is 3.18. The van der Waals surface area contributed by atoms with E-state index in [1.54, 1.807) is 0 Å². The number of nitriles is 1. The van der Waals surface area contributed by atoms with Gasteiger partial charge in [0.15, 0.2) is 6.29 Å². The molecule has 0 spiro atoms. The number of ether oxygens (including phenoxy) is 1. The van der Waals surface area contributed by atoms with Crippen LogP contribution in [0.4, 0.5) is 0 Å². The zero-order valence-electron chi connectivity index (χ0n) is 6.59. The predicted molar refractivity (Wildman–Crippen MR) is 37.1 cm³/mol. The normalized spacial score (nSPS) is 14.3. The Morgan fingerprint density at radius 1 is 1.60 bits per heavy atom. The molecule has 0 radical (unpaired) electrons. The molecule has 0 aliphatic rings. The molecule has 0 fully saturated rings. The van der Waals surface area contributed by atoms with Crippen molar-refractivity contribution in [3.63, 3.8) is 0 Å². The molecule has 0 saturated carbocycles. The number of aliphatic hydroxyl groups excluding tert-OH is 1. The number of hydrogen-bond acceptors (Lipinski definition) is 3. The second kappa shape index (κ2) is 3.55. The largest absolute Gasteiger partial charge is 0.367 e. The minimum Gasteiger partial charge on any atom is -0.367 e. The summed E-state index contributed by atoms with van der Waals surface area (Å²) >= 11 is 0. The lowest BCUT2D eigenvalue weighted by atomic mass is 10.2. The van der Waals surface area contributed by atoms with Crippen LogP contribution in [-0.4, -0.2) is 17.0 Å². The highest BCUT2D eigenvalue weighted by Gasteiger charge is 2.15. The number of nitrogens with zero attached hydrogens (tertiary/aromatic N) is 1. The van der Waals surface area contributed by atoms with Gasteiger partial charge in [0.2, 0.25) is 0 Å². The Hall–Kier alpha value is -0.590. The lowest BCUT2D eigenvalue weighted by molar-refractivity contribution is -0.161. The van der Waals surface area contributed by atoms with Crippen molar-refractivity contribution in [1.29, 1.82) is 5.26 Å². The van der Waals surface area contributed by atoms with Gasteiger partial charge in [0, 0.05) is 0 Å². The Kier molecular flexibility index (Phi) is 3.34. The van der Waals surface area contributed by atoms with E-state index in [4.69, 9.17) is 15.1 Å². The molecule has 0 amide bonds. The standard InChI is InChI=1S/C7H13NO2/c1-7(2,3)10-6(9)4-5-8/h6,9H,4H2,1-3H3. The molecule has 0 aromatic heterocycles. The minimum atomic E-state index is -0.954. The van der Waals surface area contributed by atoms with Crippen LogP contribution < -0.4 is 0 Å². The lowest BCUT2D eigenvalue weighted by Crippen LogP contribution is -2.26. The fourth-order valence-electron chi connectivity index (χ4n) is 0.528. The molecule has 1 atom stereocenters. The second-order valence-electron chi connectivity index (χ2n) is 3.05. The summed E-state index contributed by atoms with van der Waals surface area (Å²) in [5, 5.41) is 17.1. The Morgan fingerprint density at radius 2 is 2.10 bits per heavy atom. The highest BCUT2D eigenvalue weighted by Crippen LogP contribution is 2.10. The van der Waals surface area contributed by atoms with E-state index >= 15 is 0 Å². The van der Waals surface area contributed by atoms with E-state index in [0.717, 1.165) is 0 Å². The Labute approximate surface area is 61.2 Å². The summed E-state index contributed by atoms with van der Waals surface area (Å²) in [6, 6.07) is 1.82. The van der Waals surface area contributed by atoms with Crippen molar-refractivity contribution in [2.24, 2.45) is 0 Å². The van der Waals surface area contributed by atoms with Gasteiger partial charge in [0.1, 0.15) is 0 Å². The van der Waals surface area contributed by atoms with E-state index in [0.29, 0.717) is 0 Å². The third-order valence-corrected chi connectivity index (χ3v) is 0.755. The van der Waals surface area contributed by atoms with Crippen LogP contribution in [0.1, 0.15) is 27.2 Å². The first-order chi connectivity index (χ1) is 4.45. The summed E-state index contributed by atoms with van der Waals surface area (Å²) in [5.41, 5.74) is -0.379. The summed E-state index contributed by atoms with van der Waals surface area (Å²) < 4.78 is 5.01. The van der Waals surface area contributed by atoms with E-state index in [1.165, 1.54) is 0 Å². The average Bonchev–Trinajstić information content (AvgIpc) is 1.59. The summed E-state index contributed by atoms with van der Waals surface area (Å²) in [6.07, 6.45) is -0.929. The fraction of sp³-hybridized carbons (Fsp3) is 0.857. The fourth-order valence-corrected chi connectivity index (χ4v) is 0.528. The van der Waals surface area contributed by atoms with Crippen molar-refractivity contribution >= 4 is 0 Å². The Balaban J connectivity index is 3.60.